The molecule has 2 N–H and O–H groups in total. The number of hydrogen-bond donors (Lipinski definition) is 2. The van der Waals surface area contributed by atoms with Crippen molar-refractivity contribution < 1.29 is 23.8 Å². The van der Waals surface area contributed by atoms with Gasteiger partial charge in [0.25, 0.3) is 5.91 Å². The highest BCUT2D eigenvalue weighted by molar-refractivity contribution is 5.96. The number of phenols is 1. The van der Waals surface area contributed by atoms with Gasteiger partial charge in [0.05, 0.1) is 11.7 Å². The minimum Gasteiger partial charge on any atom is -0.505 e. The Kier molecular flexibility index (Phi) is 4.67. The van der Waals surface area contributed by atoms with E-state index in [2.05, 4.69) is 5.32 Å². The molecule has 0 saturated carbocycles. The molecule has 1 aliphatic heterocycles. The fourth-order valence-corrected chi connectivity index (χ4v) is 2.80. The molecular formula is C18H17FN2O4. The maximum Gasteiger partial charge on any atom is 0.256 e. The zero-order valence-electron chi connectivity index (χ0n) is 13.5. The van der Waals surface area contributed by atoms with Crippen molar-refractivity contribution in [1.82, 2.24) is 4.90 Å². The number of halogens is 1. The smallest absolute Gasteiger partial charge is 0.256 e. The number of ether oxygens (including phenoxy) is 1. The van der Waals surface area contributed by atoms with Crippen LogP contribution < -0.4 is 5.32 Å². The van der Waals surface area contributed by atoms with Gasteiger partial charge in [0.2, 0.25) is 5.91 Å². The topological polar surface area (TPSA) is 78.9 Å². The van der Waals surface area contributed by atoms with Crippen molar-refractivity contribution in [3.8, 4) is 5.75 Å². The summed E-state index contributed by atoms with van der Waals surface area (Å²) in [5, 5.41) is 11.8. The number of carbonyl (C=O) groups is 2. The normalized spacial score (nSPS) is 20.4. The average Bonchev–Trinajstić information content (AvgIpc) is 2.61. The second-order valence-electron chi connectivity index (χ2n) is 5.72. The minimum atomic E-state index is -1.01. The van der Waals surface area contributed by atoms with Crippen LogP contribution in [0.1, 0.15) is 11.6 Å². The summed E-state index contributed by atoms with van der Waals surface area (Å²) in [6.07, 6.45) is -1.01. The van der Waals surface area contributed by atoms with Gasteiger partial charge in [0.15, 0.2) is 17.7 Å². The number of benzene rings is 2. The molecule has 0 bridgehead atoms. The molecule has 2 atom stereocenters. The van der Waals surface area contributed by atoms with Crippen LogP contribution in [-0.4, -0.2) is 41.6 Å². The zero-order chi connectivity index (χ0) is 18.0. The number of nitrogens with zero attached hydrogens (tertiary/aromatic N) is 1. The second-order valence-corrected chi connectivity index (χ2v) is 5.72. The van der Waals surface area contributed by atoms with Crippen LogP contribution in [0.2, 0.25) is 0 Å². The number of amides is 2. The third kappa shape index (κ3) is 3.32. The maximum atomic E-state index is 13.9. The molecule has 2 aromatic rings. The van der Waals surface area contributed by atoms with Gasteiger partial charge in [0, 0.05) is 7.05 Å². The van der Waals surface area contributed by atoms with Crippen molar-refractivity contribution in [2.24, 2.45) is 0 Å². The molecule has 2 aromatic carbocycles. The van der Waals surface area contributed by atoms with Gasteiger partial charge in [0.1, 0.15) is 6.61 Å². The van der Waals surface area contributed by atoms with Crippen LogP contribution >= 0.6 is 0 Å². The van der Waals surface area contributed by atoms with E-state index < -0.39 is 29.6 Å². The van der Waals surface area contributed by atoms with Crippen LogP contribution in [0.4, 0.5) is 10.1 Å². The summed E-state index contributed by atoms with van der Waals surface area (Å²) in [6.45, 7) is -0.236. The highest BCUT2D eigenvalue weighted by Crippen LogP contribution is 2.30. The van der Waals surface area contributed by atoms with Crippen molar-refractivity contribution >= 4 is 17.5 Å². The van der Waals surface area contributed by atoms with E-state index in [0.29, 0.717) is 0 Å². The van der Waals surface area contributed by atoms with Gasteiger partial charge in [-0.25, -0.2) is 4.39 Å². The first-order valence-electron chi connectivity index (χ1n) is 7.69. The first-order chi connectivity index (χ1) is 12.0. The van der Waals surface area contributed by atoms with Crippen LogP contribution in [-0.2, 0) is 14.3 Å². The fraction of sp³-hybridized carbons (Fsp3) is 0.222. The Morgan fingerprint density at radius 1 is 1.24 bits per heavy atom. The number of phenolic OH excluding ortho intramolecular Hbond substituents is 1. The van der Waals surface area contributed by atoms with Crippen molar-refractivity contribution in [1.29, 1.82) is 0 Å². The van der Waals surface area contributed by atoms with Crippen molar-refractivity contribution in [3.63, 3.8) is 0 Å². The van der Waals surface area contributed by atoms with Crippen molar-refractivity contribution in [3.05, 3.63) is 59.9 Å². The third-order valence-corrected chi connectivity index (χ3v) is 4.12. The number of carbonyl (C=O) groups excluding carboxylic acids is 2. The maximum absolute atomic E-state index is 13.9. The zero-order valence-corrected chi connectivity index (χ0v) is 13.5. The lowest BCUT2D eigenvalue weighted by atomic mass is 9.97. The van der Waals surface area contributed by atoms with Crippen molar-refractivity contribution in [2.45, 2.75) is 12.1 Å². The molecule has 0 spiro atoms. The van der Waals surface area contributed by atoms with Crippen molar-refractivity contribution in [2.75, 3.05) is 19.0 Å². The SMILES string of the molecule is CN1C(=O)COC(C(=O)Nc2cccc(O)c2F)C1c1ccccc1. The molecule has 0 aliphatic carbocycles. The molecule has 6 nitrogen and oxygen atoms in total. The van der Waals surface area contributed by atoms with E-state index in [1.54, 1.807) is 31.3 Å². The monoisotopic (exact) mass is 344 g/mol. The van der Waals surface area contributed by atoms with Crippen LogP contribution in [0.25, 0.3) is 0 Å². The van der Waals surface area contributed by atoms with Gasteiger partial charge >= 0.3 is 0 Å². The Morgan fingerprint density at radius 3 is 2.68 bits per heavy atom. The van der Waals surface area contributed by atoms with E-state index in [1.807, 2.05) is 6.07 Å². The summed E-state index contributed by atoms with van der Waals surface area (Å²) in [7, 11) is 1.59. The third-order valence-electron chi connectivity index (χ3n) is 4.12. The lowest BCUT2D eigenvalue weighted by Crippen LogP contribution is -2.51. The number of hydrogen-bond acceptors (Lipinski definition) is 4. The molecule has 0 aromatic heterocycles. The summed E-state index contributed by atoms with van der Waals surface area (Å²) in [5.74, 6) is -2.33. The van der Waals surface area contributed by atoms with Crippen LogP contribution in [0.3, 0.4) is 0 Å². The van der Waals surface area contributed by atoms with Crippen LogP contribution in [0.5, 0.6) is 5.75 Å². The summed E-state index contributed by atoms with van der Waals surface area (Å²) < 4.78 is 19.4. The molecule has 0 radical (unpaired) electrons. The molecule has 3 rings (SSSR count). The highest BCUT2D eigenvalue weighted by Gasteiger charge is 2.40. The summed E-state index contributed by atoms with van der Waals surface area (Å²) in [4.78, 5) is 26.1. The van der Waals surface area contributed by atoms with Gasteiger partial charge in [-0.2, -0.15) is 0 Å². The molecule has 1 aliphatic rings. The van der Waals surface area contributed by atoms with E-state index in [4.69, 9.17) is 4.74 Å². The van der Waals surface area contributed by atoms with E-state index >= 15 is 0 Å². The van der Waals surface area contributed by atoms with E-state index in [0.717, 1.165) is 5.56 Å². The molecule has 2 amide bonds. The Labute approximate surface area is 143 Å². The number of anilines is 1. The Morgan fingerprint density at radius 2 is 1.96 bits per heavy atom. The lowest BCUT2D eigenvalue weighted by Gasteiger charge is -2.38. The van der Waals surface area contributed by atoms with Gasteiger partial charge in [-0.3, -0.25) is 9.59 Å². The standard InChI is InChI=1S/C18H17FN2O4/c1-21-14(23)10-25-17(16(21)11-6-3-2-4-7-11)18(24)20-12-8-5-9-13(22)15(12)19/h2-9,16-17,22H,10H2,1H3,(H,20,24). The Balaban J connectivity index is 1.89. The molecule has 1 heterocycles. The Hall–Kier alpha value is -2.93. The molecule has 1 saturated heterocycles. The lowest BCUT2D eigenvalue weighted by molar-refractivity contribution is -0.160. The predicted molar refractivity (Wildman–Crippen MR) is 88.4 cm³/mol. The summed E-state index contributed by atoms with van der Waals surface area (Å²) in [5.41, 5.74) is 0.578. The highest BCUT2D eigenvalue weighted by atomic mass is 19.1. The predicted octanol–water partition coefficient (Wildman–Crippen LogP) is 2.07. The molecule has 7 heteroatoms. The summed E-state index contributed by atoms with van der Waals surface area (Å²) in [6, 6.07) is 12.3. The molecule has 1 fully saturated rings. The number of rotatable bonds is 3. The fourth-order valence-electron chi connectivity index (χ4n) is 2.80. The summed E-state index contributed by atoms with van der Waals surface area (Å²) >= 11 is 0. The molecule has 130 valence electrons. The largest absolute Gasteiger partial charge is 0.505 e. The molecule has 25 heavy (non-hydrogen) atoms. The van der Waals surface area contributed by atoms with Gasteiger partial charge in [-0.05, 0) is 17.7 Å². The molecular weight excluding hydrogens is 327 g/mol. The van der Waals surface area contributed by atoms with Gasteiger partial charge < -0.3 is 20.1 Å². The van der Waals surface area contributed by atoms with E-state index in [-0.39, 0.29) is 18.2 Å². The van der Waals surface area contributed by atoms with Crippen LogP contribution in [0, 0.1) is 5.82 Å². The number of nitrogens with one attached hydrogen (secondary N) is 1. The average molecular weight is 344 g/mol. The van der Waals surface area contributed by atoms with Crippen LogP contribution in [0.15, 0.2) is 48.5 Å². The van der Waals surface area contributed by atoms with Gasteiger partial charge in [-0.1, -0.05) is 36.4 Å². The van der Waals surface area contributed by atoms with E-state index in [1.165, 1.54) is 23.1 Å². The first kappa shape index (κ1) is 16.9. The van der Waals surface area contributed by atoms with Gasteiger partial charge in [-0.15, -0.1) is 0 Å². The number of likely N-dealkylation sites (N-methyl/N-ethyl adjacent to an activating group) is 1. The quantitative estimate of drug-likeness (QED) is 0.893. The first-order valence-corrected chi connectivity index (χ1v) is 7.69. The number of aromatic hydroxyl groups is 1. The minimum absolute atomic E-state index is 0.153. The number of morpholine rings is 1. The molecule has 2 unspecified atom stereocenters. The second kappa shape index (κ2) is 6.90. The van der Waals surface area contributed by atoms with E-state index in [9.17, 15) is 19.1 Å². The Bertz CT molecular complexity index is 797.